The number of benzene rings is 1. The smallest absolute Gasteiger partial charge is 0.332 e. The second-order valence-electron chi connectivity index (χ2n) is 8.21. The van der Waals surface area contributed by atoms with Crippen LogP contribution in [0.15, 0.2) is 24.3 Å². The van der Waals surface area contributed by atoms with E-state index in [-0.39, 0.29) is 12.3 Å². The van der Waals surface area contributed by atoms with E-state index in [4.69, 9.17) is 5.73 Å². The molecule has 0 aliphatic carbocycles. The Kier molecular flexibility index (Phi) is 5.23. The number of likely N-dealkylation sites (tertiary alicyclic amines) is 1. The minimum Gasteiger partial charge on any atom is -0.367 e. The van der Waals surface area contributed by atoms with Crippen molar-refractivity contribution in [3.63, 3.8) is 0 Å². The molecule has 9 nitrogen and oxygen atoms in total. The van der Waals surface area contributed by atoms with E-state index in [0.29, 0.717) is 30.9 Å². The van der Waals surface area contributed by atoms with Crippen molar-refractivity contribution in [2.45, 2.75) is 37.6 Å². The summed E-state index contributed by atoms with van der Waals surface area (Å²) in [5.74, 6) is -1.39. The van der Waals surface area contributed by atoms with Gasteiger partial charge in [0.15, 0.2) is 0 Å². The van der Waals surface area contributed by atoms with Crippen LogP contribution in [0.4, 0.5) is 16.2 Å². The number of likely N-dealkylation sites (N-methyl/N-ethyl adjacent to an activating group) is 1. The second-order valence-corrected chi connectivity index (χ2v) is 8.21. The number of hydrogen-bond donors (Lipinski definition) is 1. The van der Waals surface area contributed by atoms with Crippen LogP contribution in [-0.4, -0.2) is 72.3 Å². The Balaban J connectivity index is 1.53. The van der Waals surface area contributed by atoms with Crippen LogP contribution >= 0.6 is 0 Å². The zero-order chi connectivity index (χ0) is 21.5. The van der Waals surface area contributed by atoms with Crippen molar-refractivity contribution in [1.82, 2.24) is 9.80 Å². The van der Waals surface area contributed by atoms with E-state index in [0.717, 1.165) is 37.3 Å². The number of nitrogens with two attached hydrogens (primary N) is 1. The number of fused-ring (bicyclic) bond motifs is 1. The Labute approximate surface area is 175 Å². The first-order valence-corrected chi connectivity index (χ1v) is 10.4. The van der Waals surface area contributed by atoms with Crippen LogP contribution < -0.4 is 15.5 Å². The molecule has 3 fully saturated rings. The lowest BCUT2D eigenvalue weighted by Gasteiger charge is -2.35. The van der Waals surface area contributed by atoms with Crippen molar-refractivity contribution in [3.8, 4) is 0 Å². The number of primary amides is 1. The van der Waals surface area contributed by atoms with Crippen LogP contribution in [0.25, 0.3) is 0 Å². The summed E-state index contributed by atoms with van der Waals surface area (Å²) in [6, 6.07) is 6.12. The monoisotopic (exact) mass is 413 g/mol. The highest BCUT2D eigenvalue weighted by Gasteiger charge is 2.62. The molecule has 0 spiro atoms. The summed E-state index contributed by atoms with van der Waals surface area (Å²) >= 11 is 0. The second kappa shape index (κ2) is 7.71. The van der Waals surface area contributed by atoms with E-state index in [2.05, 4.69) is 4.90 Å². The maximum atomic E-state index is 13.1. The Morgan fingerprint density at radius 1 is 1.03 bits per heavy atom. The fourth-order valence-electron chi connectivity index (χ4n) is 4.65. The Bertz CT molecular complexity index is 880. The van der Waals surface area contributed by atoms with Gasteiger partial charge < -0.3 is 15.5 Å². The summed E-state index contributed by atoms with van der Waals surface area (Å²) in [7, 11) is 1.71. The molecule has 5 amide bonds. The van der Waals surface area contributed by atoms with Gasteiger partial charge in [0.25, 0.3) is 11.8 Å². The van der Waals surface area contributed by atoms with Crippen LogP contribution in [0.1, 0.15) is 32.1 Å². The molecular weight excluding hydrogens is 386 g/mol. The molecule has 0 bridgehead atoms. The van der Waals surface area contributed by atoms with Gasteiger partial charge in [0.2, 0.25) is 11.4 Å². The molecule has 0 unspecified atom stereocenters. The molecule has 9 heteroatoms. The van der Waals surface area contributed by atoms with Crippen molar-refractivity contribution in [1.29, 1.82) is 0 Å². The third-order valence-corrected chi connectivity index (χ3v) is 6.44. The number of nitrogens with zero attached hydrogens (tertiary/aromatic N) is 4. The van der Waals surface area contributed by atoms with Crippen LogP contribution in [-0.2, 0) is 14.4 Å². The molecule has 1 aromatic rings. The fraction of sp³-hybridized carbons (Fsp3) is 0.524. The van der Waals surface area contributed by atoms with Crippen LogP contribution in [0.2, 0.25) is 0 Å². The van der Waals surface area contributed by atoms with Crippen molar-refractivity contribution in [2.24, 2.45) is 5.73 Å². The van der Waals surface area contributed by atoms with Gasteiger partial charge in [-0.1, -0.05) is 0 Å². The number of piperidine rings is 1. The molecule has 3 aliphatic rings. The lowest BCUT2D eigenvalue weighted by molar-refractivity contribution is -0.139. The molecule has 3 aliphatic heterocycles. The zero-order valence-corrected chi connectivity index (χ0v) is 17.2. The highest BCUT2D eigenvalue weighted by Crippen LogP contribution is 2.39. The fourth-order valence-corrected chi connectivity index (χ4v) is 4.65. The number of amides is 5. The van der Waals surface area contributed by atoms with E-state index in [9.17, 15) is 19.2 Å². The Morgan fingerprint density at radius 2 is 1.67 bits per heavy atom. The largest absolute Gasteiger partial charge is 0.367 e. The lowest BCUT2D eigenvalue weighted by Crippen LogP contribution is -2.60. The SMILES string of the molecule is CN(C(=O)CN1CCCC1)c1ccc(N2C(=O)N3CCCC[C@]3(C(N)=O)C2=O)cc1. The van der Waals surface area contributed by atoms with Crippen molar-refractivity contribution in [3.05, 3.63) is 24.3 Å². The van der Waals surface area contributed by atoms with E-state index in [1.807, 2.05) is 0 Å². The summed E-state index contributed by atoms with van der Waals surface area (Å²) in [4.78, 5) is 56.8. The van der Waals surface area contributed by atoms with E-state index in [1.54, 1.807) is 36.2 Å². The number of carbonyl (C=O) groups is 4. The molecule has 4 rings (SSSR count). The molecule has 3 saturated heterocycles. The predicted molar refractivity (Wildman–Crippen MR) is 111 cm³/mol. The summed E-state index contributed by atoms with van der Waals surface area (Å²) < 4.78 is 0. The molecular formula is C21H27N5O4. The quantitative estimate of drug-likeness (QED) is 0.571. The minimum absolute atomic E-state index is 0.0113. The number of rotatable bonds is 5. The Morgan fingerprint density at radius 3 is 2.27 bits per heavy atom. The molecule has 3 heterocycles. The summed E-state index contributed by atoms with van der Waals surface area (Å²) in [5, 5.41) is 0. The first-order chi connectivity index (χ1) is 14.4. The van der Waals surface area contributed by atoms with Crippen molar-refractivity contribution >= 4 is 35.1 Å². The number of carbonyl (C=O) groups excluding carboxylic acids is 4. The molecule has 160 valence electrons. The molecule has 0 saturated carbocycles. The Hall–Kier alpha value is -2.94. The molecule has 1 aromatic carbocycles. The number of urea groups is 1. The van der Waals surface area contributed by atoms with Crippen LogP contribution in [0, 0.1) is 0 Å². The molecule has 1 atom stereocenters. The van der Waals surface area contributed by atoms with E-state index in [1.165, 1.54) is 4.90 Å². The maximum absolute atomic E-state index is 13.1. The normalized spacial score (nSPS) is 24.3. The van der Waals surface area contributed by atoms with Crippen LogP contribution in [0.3, 0.4) is 0 Å². The van der Waals surface area contributed by atoms with Gasteiger partial charge in [-0.15, -0.1) is 0 Å². The first kappa shape index (κ1) is 20.3. The summed E-state index contributed by atoms with van der Waals surface area (Å²) in [6.07, 6.45) is 3.87. The van der Waals surface area contributed by atoms with Crippen molar-refractivity contribution < 1.29 is 19.2 Å². The van der Waals surface area contributed by atoms with E-state index >= 15 is 0 Å². The maximum Gasteiger partial charge on any atom is 0.332 e. The van der Waals surface area contributed by atoms with Gasteiger partial charge in [0.05, 0.1) is 12.2 Å². The minimum atomic E-state index is -1.59. The number of hydrogen-bond acceptors (Lipinski definition) is 5. The number of imide groups is 1. The third-order valence-electron chi connectivity index (χ3n) is 6.44. The highest BCUT2D eigenvalue weighted by molar-refractivity contribution is 6.30. The summed E-state index contributed by atoms with van der Waals surface area (Å²) in [5.41, 5.74) is 5.02. The molecule has 0 aromatic heterocycles. The van der Waals surface area contributed by atoms with Crippen LogP contribution in [0.5, 0.6) is 0 Å². The van der Waals surface area contributed by atoms with Gasteiger partial charge in [0.1, 0.15) is 0 Å². The van der Waals surface area contributed by atoms with Gasteiger partial charge >= 0.3 is 6.03 Å². The molecule has 2 N–H and O–H groups in total. The van der Waals surface area contributed by atoms with E-state index < -0.39 is 23.4 Å². The third kappa shape index (κ3) is 3.13. The predicted octanol–water partition coefficient (Wildman–Crippen LogP) is 0.922. The first-order valence-electron chi connectivity index (χ1n) is 10.4. The topological polar surface area (TPSA) is 107 Å². The van der Waals surface area contributed by atoms with Gasteiger partial charge in [-0.25, -0.2) is 9.69 Å². The standard InChI is InChI=1S/C21H27N5O4/c1-23(17(27)14-24-11-4-5-12-24)15-6-8-16(9-7-15)26-19(29)21(18(22)28)10-2-3-13-25(21)20(26)30/h6-9H,2-5,10-14H2,1H3,(H2,22,28)/t21-/m0/s1. The lowest BCUT2D eigenvalue weighted by atomic mass is 9.86. The number of anilines is 2. The van der Waals surface area contributed by atoms with Crippen molar-refractivity contribution in [2.75, 3.05) is 43.0 Å². The van der Waals surface area contributed by atoms with Gasteiger partial charge in [-0.2, -0.15) is 0 Å². The average Bonchev–Trinajstić information content (AvgIpc) is 3.33. The van der Waals surface area contributed by atoms with Gasteiger partial charge in [-0.05, 0) is 69.5 Å². The summed E-state index contributed by atoms with van der Waals surface area (Å²) in [6.45, 7) is 2.58. The van der Waals surface area contributed by atoms with Gasteiger partial charge in [-0.3, -0.25) is 19.3 Å². The average molecular weight is 413 g/mol. The highest BCUT2D eigenvalue weighted by atomic mass is 16.2. The zero-order valence-electron chi connectivity index (χ0n) is 17.2. The molecule has 30 heavy (non-hydrogen) atoms. The van der Waals surface area contributed by atoms with Gasteiger partial charge in [0, 0.05) is 19.3 Å². The molecule has 0 radical (unpaired) electrons.